The molecule has 3 unspecified atom stereocenters. The predicted molar refractivity (Wildman–Crippen MR) is 247 cm³/mol. The summed E-state index contributed by atoms with van der Waals surface area (Å²) >= 11 is 17.3. The minimum atomic E-state index is 0.0313. The highest BCUT2D eigenvalue weighted by Gasteiger charge is 2.28. The largest absolute Gasteiger partial charge is 0.331 e. The van der Waals surface area contributed by atoms with Crippen molar-refractivity contribution < 1.29 is 0 Å². The first-order chi connectivity index (χ1) is 27.3. The topological polar surface area (TPSA) is 65.4 Å². The first kappa shape index (κ1) is 43.8. The molecule has 3 aromatic carbocycles. The molecule has 0 amide bonds. The summed E-state index contributed by atoms with van der Waals surface area (Å²) in [6, 6.07) is 25.2. The van der Waals surface area contributed by atoms with Gasteiger partial charge in [-0.3, -0.25) is 14.0 Å². The van der Waals surface area contributed by atoms with Gasteiger partial charge in [0, 0.05) is 13.1 Å². The normalized spacial score (nSPS) is 13.5. The predicted octanol–water partition coefficient (Wildman–Crippen LogP) is 14.4. The number of nitrogens with zero attached hydrogens (tertiary/aromatic N) is 4. The van der Waals surface area contributed by atoms with Crippen LogP contribution in [0.2, 0.25) is 0 Å². The van der Waals surface area contributed by atoms with E-state index in [2.05, 4.69) is 136 Å². The first-order valence-corrected chi connectivity index (χ1v) is 22.8. The van der Waals surface area contributed by atoms with Crippen molar-refractivity contribution in [3.05, 3.63) is 87.1 Å². The van der Waals surface area contributed by atoms with E-state index in [-0.39, 0.29) is 6.17 Å². The number of para-hydroxylation sites is 6. The molecule has 56 heavy (non-hydrogen) atoms. The highest BCUT2D eigenvalue weighted by molar-refractivity contribution is 7.71. The van der Waals surface area contributed by atoms with Crippen molar-refractivity contribution >= 4 is 69.8 Å². The standard InChI is InChI=1S/C24H41N3S.C22H26N4S2/c1-5-9-13-20(7-3)17-26(18-21(8-4)14-10-6-2)19-27-23-16-12-11-15-22(23)25-24(27)28;1-3-5-10-15(4-2)20(25-18-13-8-6-11-16(18)23-21(25)27)26-19-14-9-7-12-17(19)24-22(26)28/h11-12,15-16,20-21H,5-10,13-14,17-19H2,1-4H3,(H,25,28);6-9,11-15,20H,3-5,10H2,1-2H3,(H,23,27)(H,24,28). The van der Waals surface area contributed by atoms with Gasteiger partial charge in [-0.05, 0) is 116 Å². The number of benzene rings is 3. The number of aromatic nitrogens is 6. The average molecular weight is 814 g/mol. The van der Waals surface area contributed by atoms with Crippen LogP contribution < -0.4 is 0 Å². The molecule has 0 aliphatic heterocycles. The molecule has 0 fully saturated rings. The summed E-state index contributed by atoms with van der Waals surface area (Å²) in [6.07, 6.45) is 15.1. The minimum Gasteiger partial charge on any atom is -0.331 e. The highest BCUT2D eigenvalue weighted by Crippen LogP contribution is 2.34. The van der Waals surface area contributed by atoms with Gasteiger partial charge in [0.1, 0.15) is 6.17 Å². The SMILES string of the molecule is CCCCC(CC)C(n1c(=S)[nH]c2ccccc21)n1c(=S)[nH]c2ccccc21.CCCCC(CC)CN(CC(CC)CCCC)Cn1c(=S)[nH]c2ccccc21. The van der Waals surface area contributed by atoms with E-state index in [9.17, 15) is 0 Å². The Balaban J connectivity index is 0.000000214. The Morgan fingerprint density at radius 1 is 0.518 bits per heavy atom. The molecule has 6 rings (SSSR count). The fourth-order valence-electron chi connectivity index (χ4n) is 8.44. The lowest BCUT2D eigenvalue weighted by Gasteiger charge is -2.31. The third-order valence-electron chi connectivity index (χ3n) is 11.8. The van der Waals surface area contributed by atoms with E-state index in [0.29, 0.717) is 5.92 Å². The minimum absolute atomic E-state index is 0.0313. The Hall–Kier alpha value is -3.31. The van der Waals surface area contributed by atoms with Gasteiger partial charge in [0.2, 0.25) is 0 Å². The molecule has 3 atom stereocenters. The van der Waals surface area contributed by atoms with Gasteiger partial charge >= 0.3 is 0 Å². The quantitative estimate of drug-likeness (QED) is 0.0633. The first-order valence-electron chi connectivity index (χ1n) is 21.6. The van der Waals surface area contributed by atoms with Crippen molar-refractivity contribution in [1.29, 1.82) is 0 Å². The van der Waals surface area contributed by atoms with Crippen molar-refractivity contribution in [3.63, 3.8) is 0 Å². The maximum Gasteiger partial charge on any atom is 0.179 e. The van der Waals surface area contributed by atoms with Gasteiger partial charge < -0.3 is 19.5 Å². The summed E-state index contributed by atoms with van der Waals surface area (Å²) in [6.45, 7) is 17.1. The molecule has 3 N–H and O–H groups in total. The third kappa shape index (κ3) is 10.8. The Bertz CT molecular complexity index is 2150. The van der Waals surface area contributed by atoms with Crippen LogP contribution in [0.1, 0.15) is 125 Å². The van der Waals surface area contributed by atoms with E-state index in [0.717, 1.165) is 73.2 Å². The van der Waals surface area contributed by atoms with Crippen LogP contribution in [0.15, 0.2) is 72.8 Å². The fourth-order valence-corrected chi connectivity index (χ4v) is 9.34. The van der Waals surface area contributed by atoms with Crippen molar-refractivity contribution in [2.24, 2.45) is 17.8 Å². The van der Waals surface area contributed by atoms with Crippen LogP contribution in [0.5, 0.6) is 0 Å². The van der Waals surface area contributed by atoms with E-state index >= 15 is 0 Å². The van der Waals surface area contributed by atoms with Gasteiger partial charge in [0.25, 0.3) is 0 Å². The summed E-state index contributed by atoms with van der Waals surface area (Å²) < 4.78 is 9.16. The molecule has 3 aromatic heterocycles. The van der Waals surface area contributed by atoms with E-state index in [1.807, 2.05) is 12.1 Å². The number of hydrogen-bond donors (Lipinski definition) is 3. The molecule has 0 saturated heterocycles. The molecule has 3 heterocycles. The van der Waals surface area contributed by atoms with E-state index in [1.165, 1.54) is 82.8 Å². The number of nitrogens with one attached hydrogen (secondary N) is 3. The lowest BCUT2D eigenvalue weighted by Crippen LogP contribution is -2.35. The number of rotatable bonds is 21. The maximum absolute atomic E-state index is 5.80. The number of H-pyrrole nitrogens is 3. The van der Waals surface area contributed by atoms with Crippen molar-refractivity contribution in [3.8, 4) is 0 Å². The van der Waals surface area contributed by atoms with Gasteiger partial charge in [0.15, 0.2) is 14.3 Å². The number of aromatic amines is 3. The van der Waals surface area contributed by atoms with Crippen LogP contribution in [0.4, 0.5) is 0 Å². The molecule has 0 radical (unpaired) electrons. The van der Waals surface area contributed by atoms with Crippen LogP contribution in [0.3, 0.4) is 0 Å². The van der Waals surface area contributed by atoms with Gasteiger partial charge in [-0.25, -0.2) is 0 Å². The number of imidazole rings is 3. The summed E-state index contributed by atoms with van der Waals surface area (Å²) in [5, 5.41) is 0. The van der Waals surface area contributed by atoms with Gasteiger partial charge in [0.05, 0.1) is 39.8 Å². The van der Waals surface area contributed by atoms with E-state index in [1.54, 1.807) is 0 Å². The second-order valence-corrected chi connectivity index (χ2v) is 16.9. The Morgan fingerprint density at radius 2 is 0.929 bits per heavy atom. The summed E-state index contributed by atoms with van der Waals surface area (Å²) in [5.41, 5.74) is 6.74. The van der Waals surface area contributed by atoms with Crippen LogP contribution in [-0.2, 0) is 6.67 Å². The van der Waals surface area contributed by atoms with E-state index in [4.69, 9.17) is 36.7 Å². The smallest absolute Gasteiger partial charge is 0.179 e. The number of hydrogen-bond acceptors (Lipinski definition) is 4. The summed E-state index contributed by atoms with van der Waals surface area (Å²) in [5.74, 6) is 1.99. The lowest BCUT2D eigenvalue weighted by molar-refractivity contribution is 0.146. The van der Waals surface area contributed by atoms with Gasteiger partial charge in [-0.15, -0.1) is 0 Å². The van der Waals surface area contributed by atoms with Crippen molar-refractivity contribution in [2.75, 3.05) is 13.1 Å². The summed E-state index contributed by atoms with van der Waals surface area (Å²) in [4.78, 5) is 12.9. The van der Waals surface area contributed by atoms with Gasteiger partial charge in [-0.2, -0.15) is 0 Å². The zero-order valence-corrected chi connectivity index (χ0v) is 37.3. The monoisotopic (exact) mass is 813 g/mol. The number of fused-ring (bicyclic) bond motifs is 3. The molecule has 0 aliphatic rings. The molecule has 0 saturated carbocycles. The molecular formula is C46H67N7S3. The molecular weight excluding hydrogens is 747 g/mol. The zero-order valence-electron chi connectivity index (χ0n) is 34.9. The Morgan fingerprint density at radius 3 is 1.38 bits per heavy atom. The van der Waals surface area contributed by atoms with Crippen molar-refractivity contribution in [2.45, 2.75) is 131 Å². The molecule has 10 heteroatoms. The van der Waals surface area contributed by atoms with E-state index < -0.39 is 0 Å². The molecule has 0 spiro atoms. The lowest BCUT2D eigenvalue weighted by atomic mass is 9.95. The zero-order chi connectivity index (χ0) is 40.0. The Kier molecular flexibility index (Phi) is 17.2. The van der Waals surface area contributed by atoms with Gasteiger partial charge in [-0.1, -0.05) is 129 Å². The Labute approximate surface area is 350 Å². The number of unbranched alkanes of at least 4 members (excludes halogenated alkanes) is 3. The van der Waals surface area contributed by atoms with Crippen LogP contribution >= 0.6 is 36.7 Å². The molecule has 0 aliphatic carbocycles. The van der Waals surface area contributed by atoms with Crippen molar-refractivity contribution in [1.82, 2.24) is 33.6 Å². The molecule has 6 aromatic rings. The molecule has 0 bridgehead atoms. The molecule has 304 valence electrons. The van der Waals surface area contributed by atoms with Crippen LogP contribution in [0.25, 0.3) is 33.1 Å². The highest BCUT2D eigenvalue weighted by atomic mass is 32.1. The van der Waals surface area contributed by atoms with Crippen LogP contribution in [0, 0.1) is 32.1 Å². The summed E-state index contributed by atoms with van der Waals surface area (Å²) in [7, 11) is 0. The third-order valence-corrected chi connectivity index (χ3v) is 12.7. The maximum atomic E-state index is 5.80. The fraction of sp³-hybridized carbons (Fsp3) is 0.543. The average Bonchev–Trinajstić information content (AvgIpc) is 3.84. The molecule has 7 nitrogen and oxygen atoms in total. The second kappa shape index (κ2) is 22.0. The second-order valence-electron chi connectivity index (χ2n) is 15.7. The van der Waals surface area contributed by atoms with Crippen LogP contribution in [-0.4, -0.2) is 46.6 Å².